The van der Waals surface area contributed by atoms with Crippen molar-refractivity contribution >= 4 is 21.4 Å². The van der Waals surface area contributed by atoms with Gasteiger partial charge in [0, 0.05) is 17.6 Å². The predicted octanol–water partition coefficient (Wildman–Crippen LogP) is 2.04. The lowest BCUT2D eigenvalue weighted by Gasteiger charge is -2.11. The fourth-order valence-electron chi connectivity index (χ4n) is 1.89. The van der Waals surface area contributed by atoms with E-state index in [1.54, 1.807) is 18.3 Å². The summed E-state index contributed by atoms with van der Waals surface area (Å²) in [5.74, 6) is 0. The first-order chi connectivity index (χ1) is 10.0. The van der Waals surface area contributed by atoms with Crippen LogP contribution in [-0.2, 0) is 23.1 Å². The summed E-state index contributed by atoms with van der Waals surface area (Å²) in [5.41, 5.74) is 0.766. The van der Waals surface area contributed by atoms with Gasteiger partial charge in [-0.15, -0.1) is 11.3 Å². The first-order valence-corrected chi connectivity index (χ1v) is 9.02. The number of thiazole rings is 1. The number of aromatic nitrogens is 1. The van der Waals surface area contributed by atoms with Crippen LogP contribution < -0.4 is 10.0 Å². The zero-order chi connectivity index (χ0) is 15.3. The number of nitrogens with one attached hydrogen (secondary N) is 2. The van der Waals surface area contributed by atoms with Crippen LogP contribution in [-0.4, -0.2) is 19.9 Å². The molecule has 0 amide bonds. The molecule has 0 aliphatic heterocycles. The van der Waals surface area contributed by atoms with Crippen molar-refractivity contribution in [2.75, 3.05) is 6.54 Å². The Morgan fingerprint density at radius 2 is 2.00 bits per heavy atom. The summed E-state index contributed by atoms with van der Waals surface area (Å²) in [6.45, 7) is 5.47. The zero-order valence-electron chi connectivity index (χ0n) is 12.1. The number of hydrogen-bond acceptors (Lipinski definition) is 5. The lowest BCUT2D eigenvalue weighted by molar-refractivity contribution is 0.578. The van der Waals surface area contributed by atoms with E-state index in [4.69, 9.17) is 0 Å². The molecule has 0 atom stereocenters. The van der Waals surface area contributed by atoms with Gasteiger partial charge in [0.15, 0.2) is 0 Å². The molecule has 0 saturated heterocycles. The van der Waals surface area contributed by atoms with Crippen LogP contribution in [0.15, 0.2) is 35.4 Å². The van der Waals surface area contributed by atoms with Crippen LogP contribution in [0.4, 0.5) is 0 Å². The first kappa shape index (κ1) is 16.1. The second-order valence-electron chi connectivity index (χ2n) is 4.58. The second kappa shape index (κ2) is 7.13. The molecule has 1 aromatic carbocycles. The highest BCUT2D eigenvalue weighted by Gasteiger charge is 2.18. The van der Waals surface area contributed by atoms with Gasteiger partial charge in [0.2, 0.25) is 10.0 Å². The molecule has 2 N–H and O–H groups in total. The third-order valence-corrected chi connectivity index (χ3v) is 5.32. The van der Waals surface area contributed by atoms with Crippen molar-refractivity contribution in [3.8, 4) is 0 Å². The average molecular weight is 325 g/mol. The lowest BCUT2D eigenvalue weighted by atomic mass is 10.2. The summed E-state index contributed by atoms with van der Waals surface area (Å²) >= 11 is 1.49. The maximum Gasteiger partial charge on any atom is 0.241 e. The van der Waals surface area contributed by atoms with Gasteiger partial charge in [-0.05, 0) is 25.1 Å². The van der Waals surface area contributed by atoms with Gasteiger partial charge >= 0.3 is 0 Å². The van der Waals surface area contributed by atoms with Crippen LogP contribution in [0.25, 0.3) is 0 Å². The Hall–Kier alpha value is -1.28. The highest BCUT2D eigenvalue weighted by Crippen LogP contribution is 2.17. The van der Waals surface area contributed by atoms with Crippen LogP contribution in [0, 0.1) is 6.92 Å². The molecule has 0 aliphatic rings. The summed E-state index contributed by atoms with van der Waals surface area (Å²) in [5, 5.41) is 3.92. The number of rotatable bonds is 7. The summed E-state index contributed by atoms with van der Waals surface area (Å²) in [7, 11) is -3.53. The number of aryl methyl sites for hydroxylation is 1. The van der Waals surface area contributed by atoms with Gasteiger partial charge in [0.1, 0.15) is 5.01 Å². The van der Waals surface area contributed by atoms with Crippen molar-refractivity contribution in [3.05, 3.63) is 45.9 Å². The van der Waals surface area contributed by atoms with Gasteiger partial charge in [-0.2, -0.15) is 0 Å². The van der Waals surface area contributed by atoms with Gasteiger partial charge in [-0.25, -0.2) is 18.1 Å². The molecule has 114 valence electrons. The summed E-state index contributed by atoms with van der Waals surface area (Å²) in [6.07, 6.45) is 1.74. The Kier molecular flexibility index (Phi) is 5.46. The van der Waals surface area contributed by atoms with Crippen molar-refractivity contribution in [1.82, 2.24) is 15.0 Å². The van der Waals surface area contributed by atoms with Crippen molar-refractivity contribution in [2.24, 2.45) is 0 Å². The minimum absolute atomic E-state index is 0.219. The smallest absolute Gasteiger partial charge is 0.241 e. The van der Waals surface area contributed by atoms with Crippen molar-refractivity contribution in [1.29, 1.82) is 0 Å². The minimum Gasteiger partial charge on any atom is -0.313 e. The van der Waals surface area contributed by atoms with E-state index in [0.717, 1.165) is 22.0 Å². The summed E-state index contributed by atoms with van der Waals surface area (Å²) in [4.78, 5) is 5.55. The number of hydrogen-bond donors (Lipinski definition) is 2. The molecule has 0 bridgehead atoms. The molecule has 21 heavy (non-hydrogen) atoms. The molecule has 2 rings (SSSR count). The molecule has 0 radical (unpaired) electrons. The third kappa shape index (κ3) is 4.34. The quantitative estimate of drug-likeness (QED) is 0.817. The third-order valence-electron chi connectivity index (χ3n) is 2.91. The lowest BCUT2D eigenvalue weighted by Crippen LogP contribution is -2.25. The van der Waals surface area contributed by atoms with Crippen molar-refractivity contribution < 1.29 is 8.42 Å². The molecule has 7 heteroatoms. The number of benzene rings is 1. The Labute approximate surface area is 129 Å². The molecule has 0 spiro atoms. The molecule has 0 saturated carbocycles. The topological polar surface area (TPSA) is 71.1 Å². The average Bonchev–Trinajstić information content (AvgIpc) is 2.89. The van der Waals surface area contributed by atoms with Crippen LogP contribution in [0.2, 0.25) is 0 Å². The molecule has 5 nitrogen and oxygen atoms in total. The van der Waals surface area contributed by atoms with Crippen LogP contribution in [0.5, 0.6) is 0 Å². The maximum absolute atomic E-state index is 12.4. The van der Waals surface area contributed by atoms with Gasteiger partial charge in [-0.3, -0.25) is 0 Å². The Morgan fingerprint density at radius 1 is 1.24 bits per heavy atom. The van der Waals surface area contributed by atoms with E-state index >= 15 is 0 Å². The molecule has 0 fully saturated rings. The first-order valence-electron chi connectivity index (χ1n) is 6.72. The Bertz CT molecular complexity index is 696. The number of nitrogens with zero attached hydrogens (tertiary/aromatic N) is 1. The monoisotopic (exact) mass is 325 g/mol. The van der Waals surface area contributed by atoms with Gasteiger partial charge in [0.05, 0.1) is 11.4 Å². The zero-order valence-corrected chi connectivity index (χ0v) is 13.7. The van der Waals surface area contributed by atoms with E-state index in [9.17, 15) is 8.42 Å². The molecule has 1 heterocycles. The predicted molar refractivity (Wildman–Crippen MR) is 84.7 cm³/mol. The fraction of sp³-hybridized carbons (Fsp3) is 0.357. The molecule has 0 aliphatic carbocycles. The van der Waals surface area contributed by atoms with E-state index in [0.29, 0.717) is 11.4 Å². The Balaban J connectivity index is 2.15. The van der Waals surface area contributed by atoms with E-state index in [2.05, 4.69) is 15.0 Å². The van der Waals surface area contributed by atoms with Crippen LogP contribution >= 0.6 is 11.3 Å². The van der Waals surface area contributed by atoms with Gasteiger partial charge < -0.3 is 5.32 Å². The van der Waals surface area contributed by atoms with Gasteiger partial charge in [0.25, 0.3) is 0 Å². The van der Waals surface area contributed by atoms with Crippen LogP contribution in [0.3, 0.4) is 0 Å². The van der Waals surface area contributed by atoms with E-state index < -0.39 is 10.0 Å². The van der Waals surface area contributed by atoms with E-state index in [1.807, 2.05) is 26.0 Å². The Morgan fingerprint density at radius 3 is 2.67 bits per heavy atom. The second-order valence-corrected chi connectivity index (χ2v) is 7.63. The summed E-state index contributed by atoms with van der Waals surface area (Å²) in [6, 6.07) is 7.03. The molecule has 2 aromatic rings. The number of sulfonamides is 1. The molecule has 1 aromatic heterocycles. The molecular weight excluding hydrogens is 306 g/mol. The van der Waals surface area contributed by atoms with Crippen LogP contribution in [0.1, 0.15) is 22.4 Å². The summed E-state index contributed by atoms with van der Waals surface area (Å²) < 4.78 is 27.5. The van der Waals surface area contributed by atoms with E-state index in [-0.39, 0.29) is 6.54 Å². The maximum atomic E-state index is 12.4. The molecular formula is C14H19N3O2S2. The normalized spacial score (nSPS) is 11.7. The van der Waals surface area contributed by atoms with Gasteiger partial charge in [-0.1, -0.05) is 25.1 Å². The highest BCUT2D eigenvalue weighted by molar-refractivity contribution is 7.89. The minimum atomic E-state index is -3.53. The van der Waals surface area contributed by atoms with E-state index in [1.165, 1.54) is 11.3 Å². The fourth-order valence-corrected chi connectivity index (χ4v) is 3.93. The SMILES string of the molecule is CCNCc1ccccc1S(=O)(=O)NCc1ncc(C)s1. The largest absolute Gasteiger partial charge is 0.313 e. The standard InChI is InChI=1S/C14H19N3O2S2/c1-3-15-9-12-6-4-5-7-13(12)21(18,19)17-10-14-16-8-11(2)20-14/h4-8,15,17H,3,9-10H2,1-2H3. The highest BCUT2D eigenvalue weighted by atomic mass is 32.2. The molecule has 0 unspecified atom stereocenters. The van der Waals surface area contributed by atoms with Crippen molar-refractivity contribution in [3.63, 3.8) is 0 Å². The van der Waals surface area contributed by atoms with Crippen molar-refractivity contribution in [2.45, 2.75) is 31.8 Å².